The number of hydrogen-bond donors (Lipinski definition) is 1. The molecule has 0 unspecified atom stereocenters. The highest BCUT2D eigenvalue weighted by Gasteiger charge is 2.14. The number of nitrogens with one attached hydrogen (secondary N) is 1. The fourth-order valence-electron chi connectivity index (χ4n) is 1.30. The first kappa shape index (κ1) is 14.6. The molecule has 19 heavy (non-hydrogen) atoms. The van der Waals surface area contributed by atoms with Gasteiger partial charge in [-0.25, -0.2) is 13.4 Å². The van der Waals surface area contributed by atoms with Gasteiger partial charge in [-0.15, -0.1) is 0 Å². The van der Waals surface area contributed by atoms with Crippen molar-refractivity contribution in [1.82, 2.24) is 4.98 Å². The van der Waals surface area contributed by atoms with Crippen LogP contribution < -0.4 is 4.72 Å². The molecule has 0 atom stereocenters. The lowest BCUT2D eigenvalue weighted by molar-refractivity contribution is 0.601. The normalized spacial score (nSPS) is 11.3. The Hall–Kier alpha value is -0.820. The van der Waals surface area contributed by atoms with Gasteiger partial charge in [0.2, 0.25) is 0 Å². The molecule has 0 aliphatic carbocycles. The van der Waals surface area contributed by atoms with Crippen LogP contribution in [-0.2, 0) is 10.0 Å². The maximum Gasteiger partial charge on any atom is 0.261 e. The summed E-state index contributed by atoms with van der Waals surface area (Å²) in [4.78, 5) is 3.95. The van der Waals surface area contributed by atoms with Gasteiger partial charge in [-0.2, -0.15) is 0 Å². The number of rotatable bonds is 3. The third kappa shape index (κ3) is 3.60. The van der Waals surface area contributed by atoms with E-state index in [-0.39, 0.29) is 10.0 Å². The Morgan fingerprint density at radius 3 is 2.37 bits per heavy atom. The van der Waals surface area contributed by atoms with Crippen LogP contribution in [-0.4, -0.2) is 13.4 Å². The van der Waals surface area contributed by atoms with Gasteiger partial charge >= 0.3 is 0 Å². The zero-order chi connectivity index (χ0) is 14.0. The van der Waals surface area contributed by atoms with Gasteiger partial charge in [0, 0.05) is 5.02 Å². The van der Waals surface area contributed by atoms with Gasteiger partial charge in [0.05, 0.1) is 21.3 Å². The summed E-state index contributed by atoms with van der Waals surface area (Å²) in [6.07, 6.45) is 1.33. The molecule has 0 saturated carbocycles. The van der Waals surface area contributed by atoms with Crippen molar-refractivity contribution in [3.63, 3.8) is 0 Å². The van der Waals surface area contributed by atoms with Gasteiger partial charge in [-0.05, 0) is 46.3 Å². The Kier molecular flexibility index (Phi) is 4.35. The summed E-state index contributed by atoms with van der Waals surface area (Å²) in [5.41, 5.74) is 0.311. The smallest absolute Gasteiger partial charge is 0.261 e. The molecule has 0 bridgehead atoms. The number of pyridine rings is 1. The molecule has 1 aromatic carbocycles. The lowest BCUT2D eigenvalue weighted by Crippen LogP contribution is -2.13. The molecule has 0 radical (unpaired) electrons. The second kappa shape index (κ2) is 5.66. The Balaban J connectivity index is 2.30. The summed E-state index contributed by atoms with van der Waals surface area (Å²) in [7, 11) is -3.67. The second-order valence-corrected chi connectivity index (χ2v) is 6.89. The third-order valence-electron chi connectivity index (χ3n) is 2.17. The van der Waals surface area contributed by atoms with Crippen LogP contribution in [0.5, 0.6) is 0 Å². The van der Waals surface area contributed by atoms with Crippen LogP contribution in [0.3, 0.4) is 0 Å². The highest BCUT2D eigenvalue weighted by atomic mass is 79.9. The first-order chi connectivity index (χ1) is 8.88. The Morgan fingerprint density at radius 1 is 1.16 bits per heavy atom. The number of aromatic nitrogens is 1. The molecule has 0 aliphatic rings. The second-order valence-electron chi connectivity index (χ2n) is 3.56. The monoisotopic (exact) mass is 380 g/mol. The predicted molar refractivity (Wildman–Crippen MR) is 79.2 cm³/mol. The van der Waals surface area contributed by atoms with Gasteiger partial charge in [0.1, 0.15) is 5.15 Å². The molecular weight excluding hydrogens is 375 g/mol. The minimum absolute atomic E-state index is 0.114. The van der Waals surface area contributed by atoms with E-state index in [9.17, 15) is 8.42 Å². The quantitative estimate of drug-likeness (QED) is 0.818. The van der Waals surface area contributed by atoms with E-state index in [4.69, 9.17) is 23.2 Å². The molecule has 0 spiro atoms. The van der Waals surface area contributed by atoms with Gasteiger partial charge in [-0.3, -0.25) is 4.72 Å². The van der Waals surface area contributed by atoms with Crippen LogP contribution in [0.25, 0.3) is 0 Å². The van der Waals surface area contributed by atoms with Crippen molar-refractivity contribution < 1.29 is 8.42 Å². The standard InChI is InChI=1S/C11H7BrCl2N2O2S/c12-10-5-8(6-15-11(10)14)16-19(17,18)9-3-1-7(13)2-4-9/h1-6,16H. The predicted octanol–water partition coefficient (Wildman–Crippen LogP) is 3.95. The fraction of sp³-hybridized carbons (Fsp3) is 0. The van der Waals surface area contributed by atoms with E-state index in [1.165, 1.54) is 36.5 Å². The molecule has 8 heteroatoms. The lowest BCUT2D eigenvalue weighted by Gasteiger charge is -2.08. The number of halogens is 3. The highest BCUT2D eigenvalue weighted by Crippen LogP contribution is 2.24. The molecule has 0 aliphatic heterocycles. The van der Waals surface area contributed by atoms with Crippen molar-refractivity contribution in [3.8, 4) is 0 Å². The molecule has 2 aromatic rings. The number of anilines is 1. The molecule has 0 amide bonds. The molecule has 100 valence electrons. The fourth-order valence-corrected chi connectivity index (χ4v) is 2.92. The minimum atomic E-state index is -3.67. The number of benzene rings is 1. The van der Waals surface area contributed by atoms with E-state index in [1.54, 1.807) is 0 Å². The van der Waals surface area contributed by atoms with Crippen molar-refractivity contribution in [2.75, 3.05) is 4.72 Å². The van der Waals surface area contributed by atoms with E-state index < -0.39 is 10.0 Å². The van der Waals surface area contributed by atoms with Gasteiger partial charge in [-0.1, -0.05) is 23.2 Å². The molecular formula is C11H7BrCl2N2O2S. The van der Waals surface area contributed by atoms with E-state index in [1.807, 2.05) is 0 Å². The van der Waals surface area contributed by atoms with Crippen LogP contribution in [0.2, 0.25) is 10.2 Å². The maximum absolute atomic E-state index is 12.1. The molecule has 1 heterocycles. The van der Waals surface area contributed by atoms with Crippen molar-refractivity contribution >= 4 is 54.8 Å². The number of nitrogens with zero attached hydrogens (tertiary/aromatic N) is 1. The van der Waals surface area contributed by atoms with Crippen molar-refractivity contribution in [2.45, 2.75) is 4.90 Å². The first-order valence-corrected chi connectivity index (χ1v) is 8.01. The van der Waals surface area contributed by atoms with Crippen molar-refractivity contribution in [3.05, 3.63) is 51.2 Å². The average Bonchev–Trinajstić information content (AvgIpc) is 2.34. The Morgan fingerprint density at radius 2 is 1.79 bits per heavy atom. The molecule has 0 fully saturated rings. The van der Waals surface area contributed by atoms with Crippen LogP contribution in [0, 0.1) is 0 Å². The summed E-state index contributed by atoms with van der Waals surface area (Å²) in [6.45, 7) is 0. The summed E-state index contributed by atoms with van der Waals surface area (Å²) in [6, 6.07) is 7.38. The van der Waals surface area contributed by atoms with Gasteiger partial charge in [0.15, 0.2) is 0 Å². The van der Waals surface area contributed by atoms with Crippen LogP contribution in [0.15, 0.2) is 45.9 Å². The molecule has 4 nitrogen and oxygen atoms in total. The van der Waals surface area contributed by atoms with Crippen LogP contribution in [0.4, 0.5) is 5.69 Å². The molecule has 1 aromatic heterocycles. The molecule has 1 N–H and O–H groups in total. The lowest BCUT2D eigenvalue weighted by atomic mass is 10.4. The van der Waals surface area contributed by atoms with E-state index in [2.05, 4.69) is 25.6 Å². The highest BCUT2D eigenvalue weighted by molar-refractivity contribution is 9.10. The Labute approximate surface area is 128 Å². The summed E-state index contributed by atoms with van der Waals surface area (Å²) >= 11 is 14.6. The largest absolute Gasteiger partial charge is 0.278 e. The molecule has 0 saturated heterocycles. The van der Waals surface area contributed by atoms with E-state index in [0.29, 0.717) is 15.2 Å². The summed E-state index contributed by atoms with van der Waals surface area (Å²) in [5.74, 6) is 0. The zero-order valence-corrected chi connectivity index (χ0v) is 13.2. The van der Waals surface area contributed by atoms with Crippen LogP contribution in [0.1, 0.15) is 0 Å². The maximum atomic E-state index is 12.1. The number of sulfonamides is 1. The van der Waals surface area contributed by atoms with Gasteiger partial charge < -0.3 is 0 Å². The average molecular weight is 382 g/mol. The third-order valence-corrected chi connectivity index (χ3v) is 4.96. The number of hydrogen-bond acceptors (Lipinski definition) is 3. The summed E-state index contributed by atoms with van der Waals surface area (Å²) < 4.78 is 27.1. The van der Waals surface area contributed by atoms with E-state index >= 15 is 0 Å². The van der Waals surface area contributed by atoms with Crippen molar-refractivity contribution in [2.24, 2.45) is 0 Å². The zero-order valence-electron chi connectivity index (χ0n) is 9.27. The topological polar surface area (TPSA) is 59.1 Å². The Bertz CT molecular complexity index is 705. The molecule has 2 rings (SSSR count). The summed E-state index contributed by atoms with van der Waals surface area (Å²) in [5, 5.41) is 0.726. The van der Waals surface area contributed by atoms with Crippen molar-refractivity contribution in [1.29, 1.82) is 0 Å². The SMILES string of the molecule is O=S(=O)(Nc1cnc(Cl)c(Br)c1)c1ccc(Cl)cc1. The van der Waals surface area contributed by atoms with Gasteiger partial charge in [0.25, 0.3) is 10.0 Å². The van der Waals surface area contributed by atoms with Crippen LogP contribution >= 0.6 is 39.1 Å². The minimum Gasteiger partial charge on any atom is -0.278 e. The first-order valence-electron chi connectivity index (χ1n) is 4.98. The van der Waals surface area contributed by atoms with E-state index in [0.717, 1.165) is 0 Å².